The summed E-state index contributed by atoms with van der Waals surface area (Å²) < 4.78 is 9.25. The number of aromatic nitrogens is 4. The third-order valence-corrected chi connectivity index (χ3v) is 14.7. The molecule has 1 aliphatic rings. The number of carbonyl (C=O) groups is 2. The molecule has 9 rings (SSSR count). The van der Waals surface area contributed by atoms with Crippen molar-refractivity contribution in [1.29, 1.82) is 0 Å². The van der Waals surface area contributed by atoms with Crippen molar-refractivity contribution in [2.24, 2.45) is 24.3 Å². The predicted molar refractivity (Wildman–Crippen MR) is 290 cm³/mol. The van der Waals surface area contributed by atoms with E-state index in [0.717, 1.165) is 83.5 Å². The monoisotopic (exact) mass is 935 g/mol. The maximum Gasteiger partial charge on any atom is 0.213 e. The van der Waals surface area contributed by atoms with Crippen molar-refractivity contribution in [2.75, 3.05) is 7.11 Å². The van der Waals surface area contributed by atoms with Gasteiger partial charge in [-0.3, -0.25) is 19.0 Å². The van der Waals surface area contributed by atoms with Crippen LogP contribution in [0.1, 0.15) is 134 Å². The van der Waals surface area contributed by atoms with E-state index in [2.05, 4.69) is 133 Å². The lowest BCUT2D eigenvalue weighted by Crippen LogP contribution is -2.09. The Bertz CT molecular complexity index is 3410. The van der Waals surface area contributed by atoms with Gasteiger partial charge in [0.25, 0.3) is 0 Å². The van der Waals surface area contributed by atoms with Crippen molar-refractivity contribution in [3.05, 3.63) is 190 Å². The van der Waals surface area contributed by atoms with Gasteiger partial charge in [0, 0.05) is 47.1 Å². The fourth-order valence-electron chi connectivity index (χ4n) is 9.16. The van der Waals surface area contributed by atoms with E-state index in [0.29, 0.717) is 17.0 Å². The van der Waals surface area contributed by atoms with Crippen LogP contribution in [0.15, 0.2) is 83.0 Å². The molecule has 0 radical (unpaired) electrons. The van der Waals surface area contributed by atoms with Crippen LogP contribution in [0.5, 0.6) is 0 Å². The van der Waals surface area contributed by atoms with Crippen LogP contribution in [0.25, 0.3) is 33.3 Å². The third-order valence-electron chi connectivity index (χ3n) is 14.7. The third kappa shape index (κ3) is 9.54. The van der Waals surface area contributed by atoms with E-state index >= 15 is 0 Å². The largest absolute Gasteiger partial charge is 0.494 e. The van der Waals surface area contributed by atoms with Crippen molar-refractivity contribution >= 4 is 50.5 Å². The first-order chi connectivity index (χ1) is 32.5. The maximum absolute atomic E-state index is 13.1. The fraction of sp³-hybridized carbons (Fsp3) is 0.311. The second-order valence-electron chi connectivity index (χ2n) is 19.1. The fourth-order valence-corrected chi connectivity index (χ4v) is 9.16. The first-order valence-corrected chi connectivity index (χ1v) is 23.6. The van der Waals surface area contributed by atoms with Crippen LogP contribution in [-0.4, -0.2) is 38.2 Å². The van der Waals surface area contributed by atoms with Gasteiger partial charge in [-0.15, -0.1) is 10.2 Å². The number of hydrogen-bond donors (Lipinski definition) is 0. The minimum Gasteiger partial charge on any atom is -0.494 e. The highest BCUT2D eigenvalue weighted by molar-refractivity contribution is 6.16. The molecule has 0 atom stereocenters. The molecule has 9 heteroatoms. The van der Waals surface area contributed by atoms with Crippen molar-refractivity contribution in [3.8, 4) is 0 Å². The molecule has 0 aliphatic carbocycles. The number of rotatable bonds is 6. The molecule has 0 saturated carbocycles. The van der Waals surface area contributed by atoms with Gasteiger partial charge in [-0.25, -0.2) is 0 Å². The van der Waals surface area contributed by atoms with Crippen LogP contribution < -0.4 is 0 Å². The summed E-state index contributed by atoms with van der Waals surface area (Å²) in [4.78, 5) is 26.1. The molecule has 0 fully saturated rings. The van der Waals surface area contributed by atoms with Gasteiger partial charge in [0.15, 0.2) is 5.76 Å². The molecule has 0 amide bonds. The Morgan fingerprint density at radius 3 is 1.41 bits per heavy atom. The smallest absolute Gasteiger partial charge is 0.213 e. The minimum absolute atomic E-state index is 0. The van der Waals surface area contributed by atoms with E-state index in [-0.39, 0.29) is 19.0 Å². The number of fused-ring (bicyclic) bond motifs is 3. The van der Waals surface area contributed by atoms with Gasteiger partial charge in [0.2, 0.25) is 11.6 Å². The SMILES string of the molecule is C.CO/C(=C1\N=Nc2c1ccc(C)c2C)c1cc(C)c(C)c(C)c1.Cc1cc(C(=O)c2c3ccc(C)c(C)c3nn2C)cc(C)c1C.Cc1cc(C(=O)c2nn(C)c3c(C)c(C)ccc23)cc(C)c1C. The molecule has 0 unspecified atom stereocenters. The van der Waals surface area contributed by atoms with Gasteiger partial charge in [0.05, 0.1) is 23.8 Å². The molecular weight excluding hydrogens is 865 g/mol. The van der Waals surface area contributed by atoms with E-state index in [1.54, 1.807) is 11.8 Å². The lowest BCUT2D eigenvalue weighted by molar-refractivity contribution is 0.102. The zero-order valence-corrected chi connectivity index (χ0v) is 43.8. The van der Waals surface area contributed by atoms with Gasteiger partial charge < -0.3 is 4.74 Å². The quantitative estimate of drug-likeness (QED) is 0.122. The maximum atomic E-state index is 13.1. The Labute approximate surface area is 415 Å². The molecule has 3 heterocycles. The molecular formula is C61H70N6O3. The highest BCUT2D eigenvalue weighted by Crippen LogP contribution is 2.43. The summed E-state index contributed by atoms with van der Waals surface area (Å²) in [6.45, 7) is 31.2. The molecule has 9 nitrogen and oxygen atoms in total. The normalized spacial score (nSPS) is 12.3. The average molecular weight is 935 g/mol. The number of nitrogens with zero attached hydrogens (tertiary/aromatic N) is 6. The number of ether oxygens (including phenoxy) is 1. The van der Waals surface area contributed by atoms with Crippen LogP contribution >= 0.6 is 0 Å². The lowest BCUT2D eigenvalue weighted by Gasteiger charge is -2.13. The Morgan fingerprint density at radius 2 is 0.900 bits per heavy atom. The number of benzene rings is 6. The molecule has 0 saturated heterocycles. The highest BCUT2D eigenvalue weighted by atomic mass is 16.5. The number of hydrogen-bond acceptors (Lipinski definition) is 7. The Morgan fingerprint density at radius 1 is 0.457 bits per heavy atom. The van der Waals surface area contributed by atoms with Crippen LogP contribution in [0.2, 0.25) is 0 Å². The summed E-state index contributed by atoms with van der Waals surface area (Å²) in [5.74, 6) is 0.802. The van der Waals surface area contributed by atoms with Gasteiger partial charge in [-0.05, 0) is 224 Å². The van der Waals surface area contributed by atoms with Crippen molar-refractivity contribution < 1.29 is 14.3 Å². The Hall–Kier alpha value is -7.26. The molecule has 2 aromatic heterocycles. The van der Waals surface area contributed by atoms with E-state index in [4.69, 9.17) is 4.74 Å². The second-order valence-corrected chi connectivity index (χ2v) is 19.1. The zero-order valence-electron chi connectivity index (χ0n) is 43.8. The van der Waals surface area contributed by atoms with Gasteiger partial charge in [0.1, 0.15) is 17.1 Å². The van der Waals surface area contributed by atoms with Gasteiger partial charge in [-0.1, -0.05) is 43.8 Å². The number of ketones is 2. The molecule has 0 N–H and O–H groups in total. The van der Waals surface area contributed by atoms with E-state index < -0.39 is 0 Å². The lowest BCUT2D eigenvalue weighted by atomic mass is 9.96. The first-order valence-electron chi connectivity index (χ1n) is 23.6. The topological polar surface area (TPSA) is 104 Å². The van der Waals surface area contributed by atoms with Gasteiger partial charge in [-0.2, -0.15) is 10.2 Å². The van der Waals surface area contributed by atoms with E-state index in [1.165, 1.54) is 55.6 Å². The summed E-state index contributed by atoms with van der Waals surface area (Å²) in [5.41, 5.74) is 26.4. The predicted octanol–water partition coefficient (Wildman–Crippen LogP) is 15.1. The summed E-state index contributed by atoms with van der Waals surface area (Å²) in [5, 5.41) is 19.7. The first kappa shape index (κ1) is 52.1. The van der Waals surface area contributed by atoms with E-state index in [9.17, 15) is 9.59 Å². The molecule has 362 valence electrons. The number of aryl methyl sites for hydroxylation is 13. The van der Waals surface area contributed by atoms with Crippen LogP contribution in [-0.2, 0) is 18.8 Å². The van der Waals surface area contributed by atoms with Crippen LogP contribution in [0, 0.1) is 104 Å². The summed E-state index contributed by atoms with van der Waals surface area (Å²) in [6, 6.07) is 24.5. The van der Waals surface area contributed by atoms with E-state index in [1.807, 2.05) is 82.9 Å². The molecule has 0 bridgehead atoms. The Balaban J connectivity index is 0.000000171. The number of azo groups is 1. The van der Waals surface area contributed by atoms with Crippen molar-refractivity contribution in [3.63, 3.8) is 0 Å². The summed E-state index contributed by atoms with van der Waals surface area (Å²) in [7, 11) is 5.44. The van der Waals surface area contributed by atoms with Crippen LogP contribution in [0.3, 0.4) is 0 Å². The Kier molecular flexibility index (Phi) is 15.2. The summed E-state index contributed by atoms with van der Waals surface area (Å²) in [6.07, 6.45) is 0. The molecule has 0 spiro atoms. The molecule has 8 aromatic rings. The average Bonchev–Trinajstić information content (AvgIpc) is 4.00. The number of carbonyl (C=O) groups excluding carboxylic acids is 2. The number of methoxy groups -OCH3 is 1. The molecule has 6 aromatic carbocycles. The molecule has 1 aliphatic heterocycles. The second kappa shape index (κ2) is 20.4. The van der Waals surface area contributed by atoms with Gasteiger partial charge >= 0.3 is 0 Å². The minimum atomic E-state index is -0.00921. The summed E-state index contributed by atoms with van der Waals surface area (Å²) >= 11 is 0. The zero-order chi connectivity index (χ0) is 50.5. The van der Waals surface area contributed by atoms with Crippen molar-refractivity contribution in [2.45, 2.75) is 111 Å². The standard InChI is InChI=1S/3C20H22N2O.CH4/c1-11-7-8-17-18(21-22(6)19(17)15(11)5)20(23)16-9-12(2)14(4)13(3)10-16;1-11-7-8-17-18(15(11)5)21-22-19(17)20(23-6)16-9-12(2)14(4)13(3)10-16;1-11-7-8-17-18(15(11)5)21-22(6)19(17)20(23)16-9-12(2)14(4)13(3)10-16;/h3*7-10H,1-6H3;1H4/b;20-19-;;. The highest BCUT2D eigenvalue weighted by Gasteiger charge is 2.25. The van der Waals surface area contributed by atoms with Crippen molar-refractivity contribution in [1.82, 2.24) is 19.6 Å². The molecule has 70 heavy (non-hydrogen) atoms. The van der Waals surface area contributed by atoms with Crippen LogP contribution in [0.4, 0.5) is 5.69 Å².